The fourth-order valence-electron chi connectivity index (χ4n) is 1.29. The highest BCUT2D eigenvalue weighted by molar-refractivity contribution is 5.60. The summed E-state index contributed by atoms with van der Waals surface area (Å²) in [5, 5.41) is 0. The third-order valence-electron chi connectivity index (χ3n) is 2.07. The Bertz CT molecular complexity index is 639. The molecule has 0 saturated heterocycles. The van der Waals surface area contributed by atoms with Gasteiger partial charge < -0.3 is 4.98 Å². The van der Waals surface area contributed by atoms with Crippen molar-refractivity contribution in [3.8, 4) is 11.3 Å². The Labute approximate surface area is 91.8 Å². The molecule has 1 aromatic carbocycles. The van der Waals surface area contributed by atoms with Crippen molar-refractivity contribution < 1.29 is 17.6 Å². The molecule has 0 aliphatic heterocycles. The summed E-state index contributed by atoms with van der Waals surface area (Å²) in [4.78, 5) is 15.8. The van der Waals surface area contributed by atoms with Gasteiger partial charge >= 0.3 is 5.69 Å². The highest BCUT2D eigenvalue weighted by atomic mass is 19.2. The van der Waals surface area contributed by atoms with Gasteiger partial charge in [-0.25, -0.2) is 22.4 Å². The number of aromatic nitrogens is 2. The van der Waals surface area contributed by atoms with E-state index in [1.165, 1.54) is 0 Å². The molecule has 0 amide bonds. The first-order valence-corrected chi connectivity index (χ1v) is 4.39. The topological polar surface area (TPSA) is 45.8 Å². The largest absolute Gasteiger partial charge is 0.345 e. The summed E-state index contributed by atoms with van der Waals surface area (Å²) in [6.07, 6.45) is 0.564. The molecule has 88 valence electrons. The van der Waals surface area contributed by atoms with Gasteiger partial charge in [0.15, 0.2) is 23.3 Å². The molecule has 2 rings (SSSR count). The normalized spacial score (nSPS) is 10.6. The molecule has 2 aromatic rings. The Morgan fingerprint density at radius 1 is 1.00 bits per heavy atom. The molecule has 3 nitrogen and oxygen atoms in total. The number of aromatic amines is 1. The average molecular weight is 244 g/mol. The maximum Gasteiger partial charge on any atom is 0.345 e. The monoisotopic (exact) mass is 244 g/mol. The van der Waals surface area contributed by atoms with Gasteiger partial charge in [-0.15, -0.1) is 0 Å². The first kappa shape index (κ1) is 11.3. The van der Waals surface area contributed by atoms with Gasteiger partial charge in [0, 0.05) is 5.56 Å². The third-order valence-corrected chi connectivity index (χ3v) is 2.07. The predicted octanol–water partition coefficient (Wildman–Crippen LogP) is 1.99. The summed E-state index contributed by atoms with van der Waals surface area (Å²) < 4.78 is 52.2. The fourth-order valence-corrected chi connectivity index (χ4v) is 1.29. The van der Waals surface area contributed by atoms with E-state index in [1.54, 1.807) is 0 Å². The summed E-state index contributed by atoms with van der Waals surface area (Å²) in [5.41, 5.74) is -2.09. The van der Waals surface area contributed by atoms with Crippen LogP contribution in [-0.4, -0.2) is 9.97 Å². The van der Waals surface area contributed by atoms with Crippen LogP contribution in [0.3, 0.4) is 0 Å². The van der Waals surface area contributed by atoms with Crippen molar-refractivity contribution in [2.45, 2.75) is 0 Å². The molecule has 0 radical (unpaired) electrons. The Morgan fingerprint density at radius 3 is 2.41 bits per heavy atom. The lowest BCUT2D eigenvalue weighted by molar-refractivity contribution is 0.448. The van der Waals surface area contributed by atoms with Crippen LogP contribution in [0.15, 0.2) is 23.1 Å². The predicted molar refractivity (Wildman–Crippen MR) is 50.1 cm³/mol. The number of hydrogen-bond acceptors (Lipinski definition) is 2. The van der Waals surface area contributed by atoms with Gasteiger partial charge in [-0.1, -0.05) is 0 Å². The highest BCUT2D eigenvalue weighted by Crippen LogP contribution is 2.25. The first-order valence-electron chi connectivity index (χ1n) is 4.39. The number of hydrogen-bond donors (Lipinski definition) is 1. The Balaban J connectivity index is 2.73. The summed E-state index contributed by atoms with van der Waals surface area (Å²) in [5.74, 6) is -5.76. The molecule has 0 aliphatic carbocycles. The van der Waals surface area contributed by atoms with Gasteiger partial charge in [-0.2, -0.15) is 4.98 Å². The lowest BCUT2D eigenvalue weighted by Crippen LogP contribution is -2.12. The number of nitrogens with one attached hydrogen (secondary N) is 1. The SMILES string of the molecule is O=c1ncc(F)c(-c2ccc(F)c(F)c2F)[nH]1. The summed E-state index contributed by atoms with van der Waals surface area (Å²) in [7, 11) is 0. The van der Waals surface area contributed by atoms with Crippen LogP contribution in [0, 0.1) is 23.3 Å². The average Bonchev–Trinajstić information content (AvgIpc) is 2.30. The molecule has 0 unspecified atom stereocenters. The number of rotatable bonds is 1. The van der Waals surface area contributed by atoms with E-state index in [2.05, 4.69) is 4.98 Å². The minimum atomic E-state index is -1.74. The quantitative estimate of drug-likeness (QED) is 0.616. The molecule has 0 atom stereocenters. The Morgan fingerprint density at radius 2 is 1.71 bits per heavy atom. The van der Waals surface area contributed by atoms with E-state index in [9.17, 15) is 22.4 Å². The second kappa shape index (κ2) is 4.00. The van der Waals surface area contributed by atoms with Crippen molar-refractivity contribution in [2.24, 2.45) is 0 Å². The number of nitrogens with zero attached hydrogens (tertiary/aromatic N) is 1. The van der Waals surface area contributed by atoms with Gasteiger partial charge in [0.2, 0.25) is 0 Å². The van der Waals surface area contributed by atoms with Crippen LogP contribution in [0.4, 0.5) is 17.6 Å². The number of halogens is 4. The van der Waals surface area contributed by atoms with Crippen LogP contribution in [0.25, 0.3) is 11.3 Å². The summed E-state index contributed by atoms with van der Waals surface area (Å²) in [6, 6.07) is 1.45. The Kier molecular flexibility index (Phi) is 2.66. The Hall–Kier alpha value is -2.18. The molecule has 0 bridgehead atoms. The van der Waals surface area contributed by atoms with Crippen LogP contribution in [0.1, 0.15) is 0 Å². The minimum absolute atomic E-state index is 0.564. The first-order chi connectivity index (χ1) is 8.00. The van der Waals surface area contributed by atoms with Crippen LogP contribution in [0.5, 0.6) is 0 Å². The zero-order valence-corrected chi connectivity index (χ0v) is 8.10. The van der Waals surface area contributed by atoms with Crippen LogP contribution < -0.4 is 5.69 Å². The van der Waals surface area contributed by atoms with Crippen LogP contribution in [-0.2, 0) is 0 Å². The van der Waals surface area contributed by atoms with Gasteiger partial charge in [-0.05, 0) is 12.1 Å². The fraction of sp³-hybridized carbons (Fsp3) is 0. The molecule has 0 saturated carbocycles. The van der Waals surface area contributed by atoms with E-state index in [0.717, 1.165) is 6.07 Å². The molecule has 1 aromatic heterocycles. The van der Waals surface area contributed by atoms with Crippen molar-refractivity contribution in [3.05, 3.63) is 52.1 Å². The van der Waals surface area contributed by atoms with Crippen molar-refractivity contribution >= 4 is 0 Å². The van der Waals surface area contributed by atoms with Gasteiger partial charge in [0.1, 0.15) is 0 Å². The molecule has 1 heterocycles. The number of H-pyrrole nitrogens is 1. The van der Waals surface area contributed by atoms with E-state index in [0.29, 0.717) is 12.3 Å². The molecular weight excluding hydrogens is 240 g/mol. The van der Waals surface area contributed by atoms with Gasteiger partial charge in [-0.3, -0.25) is 0 Å². The van der Waals surface area contributed by atoms with Crippen molar-refractivity contribution in [2.75, 3.05) is 0 Å². The van der Waals surface area contributed by atoms with E-state index < -0.39 is 40.2 Å². The summed E-state index contributed by atoms with van der Waals surface area (Å²) >= 11 is 0. The van der Waals surface area contributed by atoms with E-state index in [-0.39, 0.29) is 0 Å². The lowest BCUT2D eigenvalue weighted by atomic mass is 10.1. The standard InChI is InChI=1S/C10H4F4N2O/c11-5-2-1-4(7(13)8(5)14)9-6(12)3-15-10(17)16-9/h1-3H,(H,15,16,17). The van der Waals surface area contributed by atoms with Gasteiger partial charge in [0.25, 0.3) is 0 Å². The van der Waals surface area contributed by atoms with Crippen LogP contribution >= 0.6 is 0 Å². The van der Waals surface area contributed by atoms with E-state index in [1.807, 2.05) is 4.98 Å². The van der Waals surface area contributed by atoms with Crippen molar-refractivity contribution in [1.29, 1.82) is 0 Å². The zero-order valence-electron chi connectivity index (χ0n) is 8.10. The minimum Gasteiger partial charge on any atom is -0.303 e. The van der Waals surface area contributed by atoms with Crippen molar-refractivity contribution in [3.63, 3.8) is 0 Å². The van der Waals surface area contributed by atoms with E-state index >= 15 is 0 Å². The smallest absolute Gasteiger partial charge is 0.303 e. The zero-order chi connectivity index (χ0) is 12.6. The maximum atomic E-state index is 13.3. The molecular formula is C10H4F4N2O. The molecule has 0 fully saturated rings. The molecule has 0 aliphatic rings. The van der Waals surface area contributed by atoms with E-state index in [4.69, 9.17) is 0 Å². The van der Waals surface area contributed by atoms with Gasteiger partial charge in [0.05, 0.1) is 11.9 Å². The maximum absolute atomic E-state index is 13.3. The molecule has 7 heteroatoms. The van der Waals surface area contributed by atoms with Crippen LogP contribution in [0.2, 0.25) is 0 Å². The molecule has 0 spiro atoms. The molecule has 17 heavy (non-hydrogen) atoms. The second-order valence-corrected chi connectivity index (χ2v) is 3.13. The van der Waals surface area contributed by atoms with Crippen molar-refractivity contribution in [1.82, 2.24) is 9.97 Å². The second-order valence-electron chi connectivity index (χ2n) is 3.13. The highest BCUT2D eigenvalue weighted by Gasteiger charge is 2.17. The lowest BCUT2D eigenvalue weighted by Gasteiger charge is -2.05. The summed E-state index contributed by atoms with van der Waals surface area (Å²) in [6.45, 7) is 0. The number of benzene rings is 1. The third kappa shape index (κ3) is 1.91. The molecule has 1 N–H and O–H groups in total.